The second kappa shape index (κ2) is 10.7. The minimum Gasteiger partial charge on any atom is -0.481 e. The Hall–Kier alpha value is -3.04. The van der Waals surface area contributed by atoms with Gasteiger partial charge in [-0.1, -0.05) is 6.92 Å². The largest absolute Gasteiger partial charge is 0.481 e. The van der Waals surface area contributed by atoms with Crippen LogP contribution in [0.1, 0.15) is 26.2 Å². The maximum absolute atomic E-state index is 13.5. The van der Waals surface area contributed by atoms with Crippen molar-refractivity contribution >= 4 is 16.9 Å². The predicted octanol–water partition coefficient (Wildman–Crippen LogP) is 2.50. The highest BCUT2D eigenvalue weighted by Crippen LogP contribution is 2.24. The Balaban J connectivity index is 1.73. The lowest BCUT2D eigenvalue weighted by Gasteiger charge is -2.31. The number of methoxy groups -OCH3 is 1. The SMILES string of the molecule is CCCOCCn1c(=O)c(N2CCC(CO)CC2)nc2cnc(-c3ccc(OC)nc3)cc21. The zero-order valence-electron chi connectivity index (χ0n) is 19.2. The van der Waals surface area contributed by atoms with Crippen LogP contribution in [0, 0.1) is 5.92 Å². The van der Waals surface area contributed by atoms with Crippen LogP contribution in [0.5, 0.6) is 5.88 Å². The van der Waals surface area contributed by atoms with Crippen LogP contribution in [0.2, 0.25) is 0 Å². The van der Waals surface area contributed by atoms with Crippen LogP contribution in [-0.4, -0.2) is 64.6 Å². The lowest BCUT2D eigenvalue weighted by atomic mass is 9.98. The monoisotopic (exact) mass is 453 g/mol. The molecule has 0 spiro atoms. The second-order valence-corrected chi connectivity index (χ2v) is 8.27. The number of hydrogen-bond acceptors (Lipinski definition) is 8. The van der Waals surface area contributed by atoms with Crippen molar-refractivity contribution in [2.45, 2.75) is 32.7 Å². The quantitative estimate of drug-likeness (QED) is 0.493. The van der Waals surface area contributed by atoms with Crippen molar-refractivity contribution in [2.24, 2.45) is 5.92 Å². The molecular weight excluding hydrogens is 422 g/mol. The first-order valence-electron chi connectivity index (χ1n) is 11.5. The summed E-state index contributed by atoms with van der Waals surface area (Å²) in [7, 11) is 1.57. The summed E-state index contributed by atoms with van der Waals surface area (Å²) in [5.41, 5.74) is 2.78. The molecular formula is C24H31N5O4. The molecule has 9 nitrogen and oxygen atoms in total. The smallest absolute Gasteiger partial charge is 0.294 e. The van der Waals surface area contributed by atoms with E-state index in [0.29, 0.717) is 55.8 Å². The number of ether oxygens (including phenoxy) is 2. The highest BCUT2D eigenvalue weighted by Gasteiger charge is 2.23. The molecule has 4 rings (SSSR count). The van der Waals surface area contributed by atoms with Crippen LogP contribution >= 0.6 is 0 Å². The second-order valence-electron chi connectivity index (χ2n) is 8.27. The Bertz CT molecular complexity index is 1120. The van der Waals surface area contributed by atoms with Crippen molar-refractivity contribution in [1.82, 2.24) is 19.5 Å². The van der Waals surface area contributed by atoms with Gasteiger partial charge >= 0.3 is 0 Å². The zero-order valence-corrected chi connectivity index (χ0v) is 19.2. The summed E-state index contributed by atoms with van der Waals surface area (Å²) in [5, 5.41) is 9.44. The fraction of sp³-hybridized carbons (Fsp3) is 0.500. The molecule has 176 valence electrons. The number of piperidine rings is 1. The Morgan fingerprint density at radius 1 is 1.15 bits per heavy atom. The Morgan fingerprint density at radius 2 is 1.97 bits per heavy atom. The van der Waals surface area contributed by atoms with Gasteiger partial charge in [0, 0.05) is 50.7 Å². The van der Waals surface area contributed by atoms with Crippen LogP contribution in [-0.2, 0) is 11.3 Å². The molecule has 1 aliphatic rings. The Morgan fingerprint density at radius 3 is 2.64 bits per heavy atom. The normalized spacial score (nSPS) is 14.7. The highest BCUT2D eigenvalue weighted by atomic mass is 16.5. The Kier molecular flexibility index (Phi) is 7.51. The number of rotatable bonds is 9. The van der Waals surface area contributed by atoms with Crippen molar-refractivity contribution < 1.29 is 14.6 Å². The average Bonchev–Trinajstić information content (AvgIpc) is 2.87. The molecule has 33 heavy (non-hydrogen) atoms. The fourth-order valence-corrected chi connectivity index (χ4v) is 4.10. The van der Waals surface area contributed by atoms with E-state index in [0.717, 1.165) is 30.3 Å². The molecule has 4 heterocycles. The van der Waals surface area contributed by atoms with E-state index in [1.165, 1.54) is 0 Å². The van der Waals surface area contributed by atoms with Gasteiger partial charge in [0.2, 0.25) is 5.88 Å². The van der Waals surface area contributed by atoms with Crippen molar-refractivity contribution in [2.75, 3.05) is 44.9 Å². The third-order valence-corrected chi connectivity index (χ3v) is 6.04. The molecule has 1 N–H and O–H groups in total. The molecule has 1 saturated heterocycles. The molecule has 3 aromatic heterocycles. The summed E-state index contributed by atoms with van der Waals surface area (Å²) >= 11 is 0. The number of aliphatic hydroxyl groups excluding tert-OH is 1. The average molecular weight is 454 g/mol. The number of nitrogens with zero attached hydrogens (tertiary/aromatic N) is 5. The summed E-state index contributed by atoms with van der Waals surface area (Å²) in [5.74, 6) is 1.25. The maximum atomic E-state index is 13.5. The molecule has 0 bridgehead atoms. The molecule has 0 aliphatic carbocycles. The van der Waals surface area contributed by atoms with Gasteiger partial charge in [-0.25, -0.2) is 9.97 Å². The molecule has 1 aliphatic heterocycles. The first-order chi connectivity index (χ1) is 16.1. The van der Waals surface area contributed by atoms with Crippen LogP contribution in [0.4, 0.5) is 5.82 Å². The molecule has 0 atom stereocenters. The molecule has 0 amide bonds. The minimum atomic E-state index is -0.130. The highest BCUT2D eigenvalue weighted by molar-refractivity contribution is 5.80. The third kappa shape index (κ3) is 5.15. The molecule has 0 unspecified atom stereocenters. The van der Waals surface area contributed by atoms with Crippen LogP contribution < -0.4 is 15.2 Å². The van der Waals surface area contributed by atoms with Crippen LogP contribution in [0.25, 0.3) is 22.3 Å². The zero-order chi connectivity index (χ0) is 23.2. The molecule has 3 aromatic rings. The van der Waals surface area contributed by atoms with Gasteiger partial charge in [-0.3, -0.25) is 9.78 Å². The minimum absolute atomic E-state index is 0.130. The first kappa shape index (κ1) is 23.1. The molecule has 0 aromatic carbocycles. The molecule has 9 heteroatoms. The van der Waals surface area contributed by atoms with E-state index in [2.05, 4.69) is 16.9 Å². The van der Waals surface area contributed by atoms with Gasteiger partial charge in [0.25, 0.3) is 5.56 Å². The van der Waals surface area contributed by atoms with E-state index >= 15 is 0 Å². The van der Waals surface area contributed by atoms with Gasteiger partial charge < -0.3 is 24.0 Å². The molecule has 0 saturated carbocycles. The fourth-order valence-electron chi connectivity index (χ4n) is 4.10. The first-order valence-corrected chi connectivity index (χ1v) is 11.5. The van der Waals surface area contributed by atoms with Gasteiger partial charge in [0.05, 0.1) is 31.1 Å². The van der Waals surface area contributed by atoms with E-state index < -0.39 is 0 Å². The summed E-state index contributed by atoms with van der Waals surface area (Å²) in [6.45, 7) is 5.18. The van der Waals surface area contributed by atoms with Crippen molar-refractivity contribution in [3.8, 4) is 17.1 Å². The van der Waals surface area contributed by atoms with E-state index in [1.807, 2.05) is 17.0 Å². The number of hydrogen-bond donors (Lipinski definition) is 1. The van der Waals surface area contributed by atoms with E-state index in [9.17, 15) is 9.90 Å². The van der Waals surface area contributed by atoms with E-state index in [4.69, 9.17) is 14.5 Å². The maximum Gasteiger partial charge on any atom is 0.294 e. The van der Waals surface area contributed by atoms with Gasteiger partial charge in [0.1, 0.15) is 5.52 Å². The third-order valence-electron chi connectivity index (χ3n) is 6.04. The number of pyridine rings is 2. The molecule has 0 radical (unpaired) electrons. The summed E-state index contributed by atoms with van der Waals surface area (Å²) in [6, 6.07) is 5.55. The number of aliphatic hydroxyl groups is 1. The van der Waals surface area contributed by atoms with Crippen molar-refractivity contribution in [1.29, 1.82) is 0 Å². The van der Waals surface area contributed by atoms with Gasteiger partial charge in [0.15, 0.2) is 5.82 Å². The standard InChI is InChI=1S/C24H31N5O4/c1-3-11-33-12-10-29-21-13-19(18-4-5-22(32-2)26-14-18)25-15-20(21)27-23(24(29)31)28-8-6-17(16-30)7-9-28/h4-5,13-15,17,30H,3,6-12,16H2,1-2H3. The topological polar surface area (TPSA) is 103 Å². The van der Waals surface area contributed by atoms with Crippen LogP contribution in [0.15, 0.2) is 35.4 Å². The number of fused-ring (bicyclic) bond motifs is 1. The van der Waals surface area contributed by atoms with Crippen molar-refractivity contribution in [3.05, 3.63) is 40.9 Å². The van der Waals surface area contributed by atoms with E-state index in [1.54, 1.807) is 30.1 Å². The van der Waals surface area contributed by atoms with Gasteiger partial charge in [-0.15, -0.1) is 0 Å². The van der Waals surface area contributed by atoms with Gasteiger partial charge in [-0.05, 0) is 37.3 Å². The van der Waals surface area contributed by atoms with E-state index in [-0.39, 0.29) is 18.1 Å². The lowest BCUT2D eigenvalue weighted by Crippen LogP contribution is -2.40. The predicted molar refractivity (Wildman–Crippen MR) is 127 cm³/mol. The van der Waals surface area contributed by atoms with Crippen LogP contribution in [0.3, 0.4) is 0 Å². The summed E-state index contributed by atoms with van der Waals surface area (Å²) in [6.07, 6.45) is 6.03. The number of aromatic nitrogens is 4. The lowest BCUT2D eigenvalue weighted by molar-refractivity contribution is 0.127. The van der Waals surface area contributed by atoms with Gasteiger partial charge in [-0.2, -0.15) is 0 Å². The summed E-state index contributed by atoms with van der Waals surface area (Å²) < 4.78 is 12.6. The van der Waals surface area contributed by atoms with Crippen molar-refractivity contribution in [3.63, 3.8) is 0 Å². The number of anilines is 1. The molecule has 1 fully saturated rings. The summed E-state index contributed by atoms with van der Waals surface area (Å²) in [4.78, 5) is 29.1. The Labute approximate surface area is 193 Å².